The number of aromatic nitrogens is 4. The molecule has 0 saturated heterocycles. The lowest BCUT2D eigenvalue weighted by molar-refractivity contribution is -0.384. The van der Waals surface area contributed by atoms with E-state index in [1.54, 1.807) is 28.1 Å². The zero-order valence-corrected chi connectivity index (χ0v) is 17.8. The van der Waals surface area contributed by atoms with Crippen molar-refractivity contribution in [2.75, 3.05) is 18.2 Å². The van der Waals surface area contributed by atoms with Gasteiger partial charge in [-0.1, -0.05) is 11.8 Å². The van der Waals surface area contributed by atoms with E-state index < -0.39 is 10.8 Å². The number of methoxy groups -OCH3 is 1. The third-order valence-electron chi connectivity index (χ3n) is 4.55. The molecule has 0 aliphatic heterocycles. The number of carbonyl (C=O) groups excluding carboxylic acids is 1. The maximum atomic E-state index is 12.4. The van der Waals surface area contributed by atoms with Crippen LogP contribution in [0.25, 0.3) is 15.9 Å². The van der Waals surface area contributed by atoms with Crippen molar-refractivity contribution in [2.45, 2.75) is 19.0 Å². The van der Waals surface area contributed by atoms with Crippen molar-refractivity contribution in [3.8, 4) is 5.75 Å². The topological polar surface area (TPSA) is 125 Å². The fraction of sp³-hybridized carbons (Fsp3) is 0.222. The number of nitro groups is 1. The van der Waals surface area contributed by atoms with E-state index in [1.807, 2.05) is 13.8 Å². The second kappa shape index (κ2) is 7.88. The second-order valence-corrected chi connectivity index (χ2v) is 8.51. The van der Waals surface area contributed by atoms with Crippen molar-refractivity contribution in [3.63, 3.8) is 0 Å². The highest BCUT2D eigenvalue weighted by atomic mass is 32.2. The molecule has 0 fully saturated rings. The van der Waals surface area contributed by atoms with Crippen LogP contribution in [0.3, 0.4) is 0 Å². The molecule has 1 N–H and O–H groups in total. The summed E-state index contributed by atoms with van der Waals surface area (Å²) in [4.78, 5) is 29.6. The molecular formula is C18H16N6O4S2. The van der Waals surface area contributed by atoms with Crippen molar-refractivity contribution in [1.29, 1.82) is 0 Å². The summed E-state index contributed by atoms with van der Waals surface area (Å²) < 4.78 is 6.74. The van der Waals surface area contributed by atoms with Crippen LogP contribution in [0.2, 0.25) is 0 Å². The molecule has 4 rings (SSSR count). The summed E-state index contributed by atoms with van der Waals surface area (Å²) >= 11 is 2.77. The van der Waals surface area contributed by atoms with Crippen molar-refractivity contribution < 1.29 is 14.5 Å². The van der Waals surface area contributed by atoms with Crippen LogP contribution >= 0.6 is 23.1 Å². The summed E-state index contributed by atoms with van der Waals surface area (Å²) in [5, 5.41) is 23.7. The molecule has 0 atom stereocenters. The molecule has 1 aromatic carbocycles. The predicted octanol–water partition coefficient (Wildman–Crippen LogP) is 3.60. The fourth-order valence-electron chi connectivity index (χ4n) is 2.94. The molecule has 1 amide bonds. The van der Waals surface area contributed by atoms with Crippen molar-refractivity contribution in [3.05, 3.63) is 45.1 Å². The lowest BCUT2D eigenvalue weighted by Gasteiger charge is -2.07. The Morgan fingerprint density at radius 2 is 2.17 bits per heavy atom. The first-order valence-corrected chi connectivity index (χ1v) is 10.5. The number of carbonyl (C=O) groups is 1. The van der Waals surface area contributed by atoms with Gasteiger partial charge in [0.25, 0.3) is 5.69 Å². The van der Waals surface area contributed by atoms with Crippen LogP contribution in [0.5, 0.6) is 5.75 Å². The molecule has 3 aromatic heterocycles. The number of aryl methyl sites for hydroxylation is 2. The number of amides is 1. The van der Waals surface area contributed by atoms with E-state index in [4.69, 9.17) is 4.74 Å². The van der Waals surface area contributed by atoms with Gasteiger partial charge >= 0.3 is 0 Å². The normalized spacial score (nSPS) is 11.2. The molecule has 10 nitrogen and oxygen atoms in total. The van der Waals surface area contributed by atoms with E-state index in [2.05, 4.69) is 20.5 Å². The fourth-order valence-corrected chi connectivity index (χ4v) is 4.63. The molecular weight excluding hydrogens is 428 g/mol. The van der Waals surface area contributed by atoms with Crippen LogP contribution in [-0.4, -0.2) is 43.3 Å². The van der Waals surface area contributed by atoms with Crippen LogP contribution in [0.4, 0.5) is 11.4 Å². The molecule has 12 heteroatoms. The third kappa shape index (κ3) is 3.55. The molecule has 3 heterocycles. The number of hydrogen-bond donors (Lipinski definition) is 1. The standard InChI is InChI=1S/C18H16N6O4S2/c1-9-10(2)30-17-15(9)16-21-22-18(23(16)8-19-17)29-7-14(25)20-12-5-4-11(28-3)6-13(12)24(26)27/h4-6,8H,7H2,1-3H3,(H,20,25). The smallest absolute Gasteiger partial charge is 0.296 e. The molecule has 0 spiro atoms. The first kappa shape index (κ1) is 20.0. The summed E-state index contributed by atoms with van der Waals surface area (Å²) in [6, 6.07) is 4.25. The Morgan fingerprint density at radius 1 is 1.37 bits per heavy atom. The molecule has 0 radical (unpaired) electrons. The number of thioether (sulfide) groups is 1. The Bertz CT molecular complexity index is 1300. The summed E-state index contributed by atoms with van der Waals surface area (Å²) in [6.07, 6.45) is 1.64. The van der Waals surface area contributed by atoms with Crippen LogP contribution < -0.4 is 10.1 Å². The number of nitro benzene ring substituents is 1. The summed E-state index contributed by atoms with van der Waals surface area (Å²) in [7, 11) is 1.42. The number of nitrogens with zero attached hydrogens (tertiary/aromatic N) is 5. The Morgan fingerprint density at radius 3 is 2.90 bits per heavy atom. The Labute approximate surface area is 178 Å². The minimum Gasteiger partial charge on any atom is -0.496 e. The molecule has 4 aromatic rings. The quantitative estimate of drug-likeness (QED) is 0.272. The van der Waals surface area contributed by atoms with Crippen molar-refractivity contribution in [1.82, 2.24) is 19.6 Å². The molecule has 154 valence electrons. The van der Waals surface area contributed by atoms with E-state index in [-0.39, 0.29) is 17.1 Å². The van der Waals surface area contributed by atoms with Crippen LogP contribution in [-0.2, 0) is 4.79 Å². The van der Waals surface area contributed by atoms with Crippen LogP contribution in [0.1, 0.15) is 10.4 Å². The highest BCUT2D eigenvalue weighted by molar-refractivity contribution is 7.99. The lowest BCUT2D eigenvalue weighted by atomic mass is 10.2. The highest BCUT2D eigenvalue weighted by Crippen LogP contribution is 2.32. The molecule has 0 aliphatic carbocycles. The molecule has 30 heavy (non-hydrogen) atoms. The SMILES string of the molecule is COc1ccc(NC(=O)CSc2nnc3c4c(C)c(C)sc4ncn23)c([N+](=O)[O-])c1. The van der Waals surface area contributed by atoms with Gasteiger partial charge in [0.05, 0.1) is 29.2 Å². The van der Waals surface area contributed by atoms with E-state index in [1.165, 1.54) is 35.9 Å². The van der Waals surface area contributed by atoms with Gasteiger partial charge in [-0.3, -0.25) is 19.3 Å². The number of ether oxygens (including phenoxy) is 1. The summed E-state index contributed by atoms with van der Waals surface area (Å²) in [6.45, 7) is 4.06. The van der Waals surface area contributed by atoms with Gasteiger partial charge in [0.15, 0.2) is 10.8 Å². The molecule has 0 unspecified atom stereocenters. The van der Waals surface area contributed by atoms with Gasteiger partial charge in [0.2, 0.25) is 5.91 Å². The maximum absolute atomic E-state index is 12.4. The Balaban J connectivity index is 1.53. The first-order chi connectivity index (χ1) is 14.4. The molecule has 0 saturated carbocycles. The number of rotatable bonds is 6. The van der Waals surface area contributed by atoms with Gasteiger partial charge in [-0.15, -0.1) is 21.5 Å². The predicted molar refractivity (Wildman–Crippen MR) is 115 cm³/mol. The molecule has 0 bridgehead atoms. The van der Waals surface area contributed by atoms with Crippen molar-refractivity contribution in [2.24, 2.45) is 0 Å². The third-order valence-corrected chi connectivity index (χ3v) is 6.61. The summed E-state index contributed by atoms with van der Waals surface area (Å²) in [5.41, 5.74) is 1.66. The van der Waals surface area contributed by atoms with Crippen LogP contribution in [0, 0.1) is 24.0 Å². The number of fused-ring (bicyclic) bond motifs is 3. The van der Waals surface area contributed by atoms with Gasteiger partial charge in [-0.2, -0.15) is 0 Å². The number of benzene rings is 1. The second-order valence-electron chi connectivity index (χ2n) is 6.36. The number of hydrogen-bond acceptors (Lipinski definition) is 9. The van der Waals surface area contributed by atoms with Gasteiger partial charge in [0.1, 0.15) is 22.6 Å². The summed E-state index contributed by atoms with van der Waals surface area (Å²) in [5.74, 6) is -0.0627. The van der Waals surface area contributed by atoms with Gasteiger partial charge in [0, 0.05) is 4.88 Å². The number of anilines is 1. The largest absolute Gasteiger partial charge is 0.496 e. The monoisotopic (exact) mass is 444 g/mol. The number of nitrogens with one attached hydrogen (secondary N) is 1. The zero-order valence-electron chi connectivity index (χ0n) is 16.2. The number of thiophene rings is 1. The van der Waals surface area contributed by atoms with E-state index in [9.17, 15) is 14.9 Å². The van der Waals surface area contributed by atoms with E-state index >= 15 is 0 Å². The zero-order chi connectivity index (χ0) is 21.4. The van der Waals surface area contributed by atoms with Crippen LogP contribution in [0.15, 0.2) is 29.7 Å². The van der Waals surface area contributed by atoms with Gasteiger partial charge in [-0.05, 0) is 31.5 Å². The maximum Gasteiger partial charge on any atom is 0.296 e. The lowest BCUT2D eigenvalue weighted by Crippen LogP contribution is -2.15. The average Bonchev–Trinajstić information content (AvgIpc) is 3.27. The van der Waals surface area contributed by atoms with E-state index in [0.29, 0.717) is 16.6 Å². The van der Waals surface area contributed by atoms with Gasteiger partial charge in [-0.25, -0.2) is 4.98 Å². The minimum atomic E-state index is -0.570. The van der Waals surface area contributed by atoms with E-state index in [0.717, 1.165) is 15.8 Å². The highest BCUT2D eigenvalue weighted by Gasteiger charge is 2.19. The minimum absolute atomic E-state index is 0.00363. The Hall–Kier alpha value is -3.25. The van der Waals surface area contributed by atoms with Crippen molar-refractivity contribution >= 4 is 56.2 Å². The first-order valence-electron chi connectivity index (χ1n) is 8.73. The van der Waals surface area contributed by atoms with Gasteiger partial charge < -0.3 is 10.1 Å². The average molecular weight is 444 g/mol. The Kier molecular flexibility index (Phi) is 5.26. The molecule has 0 aliphatic rings.